The van der Waals surface area contributed by atoms with Gasteiger partial charge in [0.2, 0.25) is 0 Å². The number of likely N-dealkylation sites (tertiary alicyclic amines) is 1. The third-order valence-corrected chi connectivity index (χ3v) is 4.68. The van der Waals surface area contributed by atoms with Gasteiger partial charge in [-0.15, -0.1) is 0 Å². The van der Waals surface area contributed by atoms with Gasteiger partial charge in [-0.1, -0.05) is 12.1 Å². The first-order valence-electron chi connectivity index (χ1n) is 8.87. The molecule has 2 aromatic rings. The molecule has 1 atom stereocenters. The van der Waals surface area contributed by atoms with Crippen LogP contribution in [0, 0.1) is 5.82 Å². The van der Waals surface area contributed by atoms with Crippen LogP contribution in [0.25, 0.3) is 0 Å². The van der Waals surface area contributed by atoms with Gasteiger partial charge < -0.3 is 5.32 Å². The quantitative estimate of drug-likeness (QED) is 0.876. The fourth-order valence-corrected chi connectivity index (χ4v) is 3.38. The highest BCUT2D eigenvalue weighted by Crippen LogP contribution is 2.25. The lowest BCUT2D eigenvalue weighted by Gasteiger charge is -2.28. The van der Waals surface area contributed by atoms with Crippen molar-refractivity contribution in [3.63, 3.8) is 0 Å². The second-order valence-corrected chi connectivity index (χ2v) is 6.78. The summed E-state index contributed by atoms with van der Waals surface area (Å²) in [6.07, 6.45) is 3.96. The van der Waals surface area contributed by atoms with E-state index in [4.69, 9.17) is 0 Å². The van der Waals surface area contributed by atoms with Gasteiger partial charge in [0.15, 0.2) is 0 Å². The number of carbonyl (C=O) groups excluding carboxylic acids is 1. The van der Waals surface area contributed by atoms with Crippen molar-refractivity contribution in [3.05, 3.63) is 53.6 Å². The maximum absolute atomic E-state index is 13.3. The summed E-state index contributed by atoms with van der Waals surface area (Å²) in [7, 11) is 0. The Labute approximate surface area is 147 Å². The maximum atomic E-state index is 13.3. The van der Waals surface area contributed by atoms with Gasteiger partial charge >= 0.3 is 0 Å². The molecule has 1 aliphatic heterocycles. The van der Waals surface area contributed by atoms with E-state index in [1.54, 1.807) is 16.9 Å². The fraction of sp³-hybridized carbons (Fsp3) is 0.474. The lowest BCUT2D eigenvalue weighted by molar-refractivity contribution is 0.0925. The van der Waals surface area contributed by atoms with E-state index in [-0.39, 0.29) is 23.8 Å². The molecule has 5 nitrogen and oxygen atoms in total. The number of amides is 1. The van der Waals surface area contributed by atoms with Crippen LogP contribution in [0.2, 0.25) is 0 Å². The van der Waals surface area contributed by atoms with E-state index in [2.05, 4.69) is 15.3 Å². The lowest BCUT2D eigenvalue weighted by atomic mass is 10.1. The van der Waals surface area contributed by atoms with Gasteiger partial charge in [-0.2, -0.15) is 5.10 Å². The monoisotopic (exact) mass is 344 g/mol. The Morgan fingerprint density at radius 1 is 1.20 bits per heavy atom. The van der Waals surface area contributed by atoms with E-state index in [0.717, 1.165) is 31.5 Å². The van der Waals surface area contributed by atoms with Crippen molar-refractivity contribution in [2.24, 2.45) is 0 Å². The number of carbonyl (C=O) groups is 1. The molecule has 2 heterocycles. The predicted molar refractivity (Wildman–Crippen MR) is 94.9 cm³/mol. The van der Waals surface area contributed by atoms with Gasteiger partial charge in [0.05, 0.1) is 6.04 Å². The first-order valence-corrected chi connectivity index (χ1v) is 8.87. The van der Waals surface area contributed by atoms with Crippen LogP contribution in [0.5, 0.6) is 0 Å². The van der Waals surface area contributed by atoms with E-state index >= 15 is 0 Å². The summed E-state index contributed by atoms with van der Waals surface area (Å²) in [6, 6.07) is 8.50. The van der Waals surface area contributed by atoms with Crippen LogP contribution < -0.4 is 5.32 Å². The van der Waals surface area contributed by atoms with E-state index in [0.29, 0.717) is 12.2 Å². The molecule has 6 heteroatoms. The number of halogens is 1. The van der Waals surface area contributed by atoms with Gasteiger partial charge in [-0.05, 0) is 63.5 Å². The second-order valence-electron chi connectivity index (χ2n) is 6.78. The van der Waals surface area contributed by atoms with Crippen LogP contribution in [-0.4, -0.2) is 40.2 Å². The number of nitrogens with zero attached hydrogens (tertiary/aromatic N) is 3. The largest absolute Gasteiger partial charge is 0.349 e. The number of nitrogens with one attached hydrogen (secondary N) is 1. The van der Waals surface area contributed by atoms with Crippen molar-refractivity contribution in [2.75, 3.05) is 19.6 Å². The second kappa shape index (κ2) is 7.78. The highest BCUT2D eigenvalue weighted by atomic mass is 19.1. The van der Waals surface area contributed by atoms with E-state index in [9.17, 15) is 9.18 Å². The van der Waals surface area contributed by atoms with Crippen LogP contribution in [0.3, 0.4) is 0 Å². The molecule has 1 N–H and O–H groups in total. The van der Waals surface area contributed by atoms with Crippen molar-refractivity contribution < 1.29 is 9.18 Å². The Kier molecular flexibility index (Phi) is 5.48. The Bertz CT molecular complexity index is 704. The molecule has 134 valence electrons. The van der Waals surface area contributed by atoms with E-state index in [1.165, 1.54) is 12.1 Å². The molecule has 0 aliphatic carbocycles. The Hall–Kier alpha value is -2.21. The number of hydrogen-bond donors (Lipinski definition) is 1. The zero-order valence-corrected chi connectivity index (χ0v) is 14.8. The summed E-state index contributed by atoms with van der Waals surface area (Å²) in [5, 5.41) is 7.25. The molecule has 0 saturated carbocycles. The third kappa shape index (κ3) is 4.07. The molecule has 3 rings (SSSR count). The highest BCUT2D eigenvalue weighted by Gasteiger charge is 2.24. The van der Waals surface area contributed by atoms with Crippen LogP contribution >= 0.6 is 0 Å². The molecule has 0 unspecified atom stereocenters. The third-order valence-electron chi connectivity index (χ3n) is 4.68. The van der Waals surface area contributed by atoms with E-state index in [1.807, 2.05) is 26.0 Å². The van der Waals surface area contributed by atoms with Crippen molar-refractivity contribution >= 4 is 5.91 Å². The molecular formula is C19H25FN4O. The number of aromatic nitrogens is 2. The van der Waals surface area contributed by atoms with Gasteiger partial charge in [0.25, 0.3) is 5.91 Å². The molecule has 25 heavy (non-hydrogen) atoms. The molecule has 1 fully saturated rings. The summed E-state index contributed by atoms with van der Waals surface area (Å²) >= 11 is 0. The molecular weight excluding hydrogens is 319 g/mol. The minimum absolute atomic E-state index is 0.0578. The Morgan fingerprint density at radius 2 is 1.88 bits per heavy atom. The number of hydrogen-bond acceptors (Lipinski definition) is 3. The number of rotatable bonds is 6. The average Bonchev–Trinajstić information content (AvgIpc) is 3.28. The van der Waals surface area contributed by atoms with Crippen molar-refractivity contribution in [2.45, 2.75) is 38.8 Å². The molecule has 1 aromatic carbocycles. The number of benzene rings is 1. The summed E-state index contributed by atoms with van der Waals surface area (Å²) in [5.41, 5.74) is 1.59. The van der Waals surface area contributed by atoms with Crippen LogP contribution in [0.1, 0.15) is 54.8 Å². The molecule has 1 saturated heterocycles. The fourth-order valence-electron chi connectivity index (χ4n) is 3.38. The average molecular weight is 344 g/mol. The lowest BCUT2D eigenvalue weighted by Crippen LogP contribution is -2.37. The van der Waals surface area contributed by atoms with Crippen LogP contribution in [0.15, 0.2) is 36.5 Å². The Morgan fingerprint density at radius 3 is 2.52 bits per heavy atom. The molecule has 1 aliphatic rings. The normalized spacial score (nSPS) is 16.3. The first kappa shape index (κ1) is 17.6. The van der Waals surface area contributed by atoms with Crippen LogP contribution in [-0.2, 0) is 0 Å². The van der Waals surface area contributed by atoms with Gasteiger partial charge in [-0.3, -0.25) is 14.4 Å². The van der Waals surface area contributed by atoms with Crippen molar-refractivity contribution in [1.82, 2.24) is 20.0 Å². The minimum Gasteiger partial charge on any atom is -0.349 e. The maximum Gasteiger partial charge on any atom is 0.269 e. The van der Waals surface area contributed by atoms with E-state index < -0.39 is 0 Å². The zero-order chi connectivity index (χ0) is 17.8. The summed E-state index contributed by atoms with van der Waals surface area (Å²) < 4.78 is 15.0. The summed E-state index contributed by atoms with van der Waals surface area (Å²) in [6.45, 7) is 6.49. The summed E-state index contributed by atoms with van der Waals surface area (Å²) in [4.78, 5) is 14.9. The first-order chi connectivity index (χ1) is 12.1. The Balaban J connectivity index is 1.73. The molecule has 0 spiro atoms. The zero-order valence-electron chi connectivity index (χ0n) is 14.8. The molecule has 1 aromatic heterocycles. The van der Waals surface area contributed by atoms with Gasteiger partial charge in [0, 0.05) is 18.8 Å². The highest BCUT2D eigenvalue weighted by molar-refractivity contribution is 5.92. The summed E-state index contributed by atoms with van der Waals surface area (Å²) in [5.74, 6) is -0.369. The topological polar surface area (TPSA) is 50.2 Å². The SMILES string of the molecule is CC(C)n1nccc1C(=O)NC[C@@H](c1ccc(F)cc1)N1CCCC1. The smallest absolute Gasteiger partial charge is 0.269 e. The van der Waals surface area contributed by atoms with Crippen molar-refractivity contribution in [3.8, 4) is 0 Å². The molecule has 0 radical (unpaired) electrons. The molecule has 1 amide bonds. The van der Waals surface area contributed by atoms with Gasteiger partial charge in [0.1, 0.15) is 11.5 Å². The minimum atomic E-state index is -0.242. The van der Waals surface area contributed by atoms with Crippen molar-refractivity contribution in [1.29, 1.82) is 0 Å². The predicted octanol–water partition coefficient (Wildman–Crippen LogP) is 3.17. The molecule has 0 bridgehead atoms. The standard InChI is InChI=1S/C19H25FN4O/c1-14(2)24-17(9-10-22-24)19(25)21-13-18(23-11-3-4-12-23)15-5-7-16(20)8-6-15/h5-10,14,18H,3-4,11-13H2,1-2H3,(H,21,25)/t18-/m0/s1. The van der Waals surface area contributed by atoms with Gasteiger partial charge in [-0.25, -0.2) is 4.39 Å². The van der Waals surface area contributed by atoms with Crippen LogP contribution in [0.4, 0.5) is 4.39 Å².